The number of nitrogens with zero attached hydrogens (tertiary/aromatic N) is 5. The number of imidazole rings is 2. The number of likely N-dealkylation sites (tertiary alicyclic amines) is 2. The van der Waals surface area contributed by atoms with Crippen molar-refractivity contribution in [3.05, 3.63) is 132 Å². The van der Waals surface area contributed by atoms with E-state index in [4.69, 9.17) is 9.47 Å². The summed E-state index contributed by atoms with van der Waals surface area (Å²) in [5.41, 5.74) is 11.0. The quantitative estimate of drug-likeness (QED) is 0.0931. The van der Waals surface area contributed by atoms with Crippen molar-refractivity contribution >= 4 is 24.0 Å². The molecule has 368 valence electrons. The van der Waals surface area contributed by atoms with Crippen LogP contribution in [0.4, 0.5) is 18.4 Å². The van der Waals surface area contributed by atoms with Crippen LogP contribution in [-0.4, -0.2) is 111 Å². The van der Waals surface area contributed by atoms with Crippen molar-refractivity contribution < 1.29 is 37.4 Å². The number of ether oxygens (including phenoxy) is 2. The molecule has 6 aromatic rings. The minimum atomic E-state index is -1.27. The van der Waals surface area contributed by atoms with E-state index < -0.39 is 54.6 Å². The lowest BCUT2D eigenvalue weighted by Gasteiger charge is -2.29. The van der Waals surface area contributed by atoms with Crippen molar-refractivity contribution in [3.63, 3.8) is 0 Å². The van der Waals surface area contributed by atoms with Crippen molar-refractivity contribution in [2.24, 2.45) is 5.92 Å². The number of nitrogens with one attached hydrogen (secondary N) is 4. The minimum Gasteiger partial charge on any atom is -0.453 e. The standard InChI is InChI=1S/C54H57F2N9O6/c1-29(2)47(61-53(68)70-4)51(66)64-27-35(55)23-43(64)49-57-25-39(59-49)32-15-11-30(12-16-32)37-19-20-38(46-42-22-21-41(45(37)46)63(42)3)31-13-17-33(18-14-31)40-26-58-50(60-40)44-24-36(56)28-65(44)52(67)48(62-54(69)71-5)34-9-7-6-8-10-34/h6-20,25-26,29,35-36,41-44,47-48H,21-24,27-28H2,1-5H3,(H,57,59)(H,58,60)(H,61,68)(H,62,69)/t35-,36+,41?,42?,43+,44?,47-,48+/m1/s1. The molecule has 4 aromatic carbocycles. The van der Waals surface area contributed by atoms with Gasteiger partial charge in [0.25, 0.3) is 5.91 Å². The number of alkyl carbamates (subject to hydrolysis) is 2. The number of alkyl halides is 2. The summed E-state index contributed by atoms with van der Waals surface area (Å²) in [6, 6.07) is 27.3. The zero-order valence-electron chi connectivity index (χ0n) is 40.2. The van der Waals surface area contributed by atoms with Gasteiger partial charge in [0, 0.05) is 24.9 Å². The average Bonchev–Trinajstić information content (AvgIpc) is 4.28. The van der Waals surface area contributed by atoms with Crippen LogP contribution in [0.3, 0.4) is 0 Å². The summed E-state index contributed by atoms with van der Waals surface area (Å²) < 4.78 is 39.7. The number of H-pyrrole nitrogens is 2. The Labute approximate surface area is 410 Å². The number of carbonyl (C=O) groups is 4. The van der Waals surface area contributed by atoms with Crippen molar-refractivity contribution in [3.8, 4) is 44.8 Å². The molecule has 4 aliphatic rings. The third kappa shape index (κ3) is 8.91. The van der Waals surface area contributed by atoms with E-state index in [0.717, 1.165) is 46.5 Å². The average molecular weight is 966 g/mol. The molecule has 6 heterocycles. The Balaban J connectivity index is 0.870. The second-order valence-corrected chi connectivity index (χ2v) is 19.3. The van der Waals surface area contributed by atoms with Crippen LogP contribution in [0.25, 0.3) is 44.8 Å². The molecule has 0 aliphatic carbocycles. The van der Waals surface area contributed by atoms with E-state index >= 15 is 4.39 Å². The first kappa shape index (κ1) is 47.3. The number of aromatic nitrogens is 4. The molecule has 17 heteroatoms. The van der Waals surface area contributed by atoms with Gasteiger partial charge in [0.15, 0.2) is 0 Å². The monoisotopic (exact) mass is 965 g/mol. The molecule has 4 aliphatic heterocycles. The zero-order valence-corrected chi connectivity index (χ0v) is 40.2. The van der Waals surface area contributed by atoms with Gasteiger partial charge in [-0.1, -0.05) is 105 Å². The summed E-state index contributed by atoms with van der Waals surface area (Å²) in [6.07, 6.45) is 1.73. The van der Waals surface area contributed by atoms with Crippen molar-refractivity contribution in [1.82, 2.24) is 45.3 Å². The molecule has 4 amide bonds. The van der Waals surface area contributed by atoms with Crippen LogP contribution < -0.4 is 10.6 Å². The predicted molar refractivity (Wildman–Crippen MR) is 262 cm³/mol. The molecule has 2 aromatic heterocycles. The van der Waals surface area contributed by atoms with Gasteiger partial charge in [-0.3, -0.25) is 14.5 Å². The van der Waals surface area contributed by atoms with Gasteiger partial charge in [-0.15, -0.1) is 0 Å². The van der Waals surface area contributed by atoms with Gasteiger partial charge in [-0.2, -0.15) is 0 Å². The van der Waals surface area contributed by atoms with Gasteiger partial charge < -0.3 is 39.9 Å². The molecule has 4 N–H and O–H groups in total. The Bertz CT molecular complexity index is 2940. The number of hydrogen-bond acceptors (Lipinski definition) is 9. The van der Waals surface area contributed by atoms with Crippen molar-refractivity contribution in [1.29, 1.82) is 0 Å². The van der Waals surface area contributed by atoms with Gasteiger partial charge in [0.1, 0.15) is 36.1 Å². The van der Waals surface area contributed by atoms with Gasteiger partial charge in [0.2, 0.25) is 5.91 Å². The van der Waals surface area contributed by atoms with E-state index in [1.54, 1.807) is 36.7 Å². The first-order valence-electron chi connectivity index (χ1n) is 24.1. The topological polar surface area (TPSA) is 178 Å². The highest BCUT2D eigenvalue weighted by molar-refractivity contribution is 5.88. The Hall–Kier alpha value is -7.40. The first-order valence-corrected chi connectivity index (χ1v) is 24.1. The SMILES string of the molecule is COC(=O)N[C@H](C(=O)N1C[C@@H](F)CC1c1ncc(-c2ccc(-c3ccc(-c4ccc(-c5cnc([C@@H]6C[C@@H](F)CN6C(=O)[C@H](NC(=O)OC)C(C)C)[nH]5)cc4)c4c3C3CCC4N3C)cc2)[nH]1)c1ccccc1. The lowest BCUT2D eigenvalue weighted by atomic mass is 9.81. The normalized spacial score (nSPS) is 22.4. The second kappa shape index (κ2) is 19.4. The summed E-state index contributed by atoms with van der Waals surface area (Å²) in [5.74, 6) is -0.139. The molecule has 71 heavy (non-hydrogen) atoms. The highest BCUT2D eigenvalue weighted by atomic mass is 19.1. The summed E-state index contributed by atoms with van der Waals surface area (Å²) >= 11 is 0. The molecule has 10 rings (SSSR count). The van der Waals surface area contributed by atoms with Gasteiger partial charge in [-0.05, 0) is 75.9 Å². The molecular weight excluding hydrogens is 909 g/mol. The Morgan fingerprint density at radius 1 is 0.620 bits per heavy atom. The number of amides is 4. The second-order valence-electron chi connectivity index (χ2n) is 19.3. The first-order chi connectivity index (χ1) is 34.3. The van der Waals surface area contributed by atoms with Crippen LogP contribution in [0.15, 0.2) is 103 Å². The highest BCUT2D eigenvalue weighted by Gasteiger charge is 2.46. The summed E-state index contributed by atoms with van der Waals surface area (Å²) in [5, 5.41) is 5.24. The van der Waals surface area contributed by atoms with Crippen molar-refractivity contribution in [2.45, 2.75) is 88.1 Å². The van der Waals surface area contributed by atoms with Crippen LogP contribution in [0.1, 0.15) is 98.1 Å². The Morgan fingerprint density at radius 3 is 1.54 bits per heavy atom. The molecule has 3 saturated heterocycles. The number of benzene rings is 4. The van der Waals surface area contributed by atoms with Gasteiger partial charge >= 0.3 is 12.2 Å². The van der Waals surface area contributed by atoms with E-state index in [9.17, 15) is 23.6 Å². The zero-order chi connectivity index (χ0) is 49.7. The van der Waals surface area contributed by atoms with E-state index in [1.807, 2.05) is 32.0 Å². The summed E-state index contributed by atoms with van der Waals surface area (Å²) in [7, 11) is 4.67. The van der Waals surface area contributed by atoms with E-state index in [2.05, 4.69) is 91.0 Å². The summed E-state index contributed by atoms with van der Waals surface area (Å²) in [4.78, 5) is 73.5. The summed E-state index contributed by atoms with van der Waals surface area (Å²) in [6.45, 7) is 3.41. The molecule has 0 saturated carbocycles. The molecule has 8 atom stereocenters. The molecule has 0 spiro atoms. The fourth-order valence-corrected chi connectivity index (χ4v) is 11.2. The lowest BCUT2D eigenvalue weighted by molar-refractivity contribution is -0.136. The smallest absolute Gasteiger partial charge is 0.407 e. The van der Waals surface area contributed by atoms with Crippen molar-refractivity contribution in [2.75, 3.05) is 34.4 Å². The number of rotatable bonds is 12. The fourth-order valence-electron chi connectivity index (χ4n) is 11.2. The van der Waals surface area contributed by atoms with Crippen LogP contribution in [-0.2, 0) is 19.1 Å². The number of methoxy groups -OCH3 is 2. The molecule has 0 radical (unpaired) electrons. The molecular formula is C54H57F2N9O6. The Kier molecular flexibility index (Phi) is 12.9. The van der Waals surface area contributed by atoms with Gasteiger partial charge in [-0.25, -0.2) is 28.3 Å². The maximum atomic E-state index is 15.1. The number of hydrogen-bond donors (Lipinski definition) is 4. The van der Waals surface area contributed by atoms with Crippen LogP contribution in [0.5, 0.6) is 0 Å². The third-order valence-electron chi connectivity index (χ3n) is 14.8. The molecule has 15 nitrogen and oxygen atoms in total. The lowest BCUT2D eigenvalue weighted by Crippen LogP contribution is -2.51. The molecule has 3 unspecified atom stereocenters. The Morgan fingerprint density at radius 2 is 1.07 bits per heavy atom. The van der Waals surface area contributed by atoms with Crippen LogP contribution in [0, 0.1) is 5.92 Å². The molecule has 2 bridgehead atoms. The largest absolute Gasteiger partial charge is 0.453 e. The highest BCUT2D eigenvalue weighted by Crippen LogP contribution is 2.57. The van der Waals surface area contributed by atoms with Crippen LogP contribution in [0.2, 0.25) is 0 Å². The number of aromatic amines is 2. The van der Waals surface area contributed by atoms with Crippen LogP contribution >= 0.6 is 0 Å². The fraction of sp³-hybridized carbons (Fsp3) is 0.370. The van der Waals surface area contributed by atoms with Gasteiger partial charge in [0.05, 0.1) is 63.2 Å². The predicted octanol–water partition coefficient (Wildman–Crippen LogP) is 9.32. The maximum Gasteiger partial charge on any atom is 0.407 e. The van der Waals surface area contributed by atoms with E-state index in [0.29, 0.717) is 17.2 Å². The number of halogens is 2. The van der Waals surface area contributed by atoms with E-state index in [-0.39, 0.29) is 49.8 Å². The minimum absolute atomic E-state index is 0.0663. The van der Waals surface area contributed by atoms with E-state index in [1.165, 1.54) is 46.3 Å². The number of carbonyl (C=O) groups excluding carboxylic acids is 4. The number of fused-ring (bicyclic) bond motifs is 5. The maximum absolute atomic E-state index is 15.1. The third-order valence-corrected chi connectivity index (χ3v) is 14.8. The molecule has 3 fully saturated rings.